The molecule has 0 aliphatic rings. The Morgan fingerprint density at radius 3 is 2.56 bits per heavy atom. The fourth-order valence-corrected chi connectivity index (χ4v) is 1.22. The number of hydrogen-bond acceptors (Lipinski definition) is 4. The van der Waals surface area contributed by atoms with Crippen LogP contribution < -0.4 is 5.73 Å². The lowest BCUT2D eigenvalue weighted by molar-refractivity contribution is -0.151. The van der Waals surface area contributed by atoms with Crippen LogP contribution in [0.15, 0.2) is 5.16 Å². The summed E-state index contributed by atoms with van der Waals surface area (Å²) in [6.07, 6.45) is 0.929. The second-order valence-electron chi connectivity index (χ2n) is 3.86. The van der Waals surface area contributed by atoms with E-state index in [0.717, 1.165) is 0 Å². The van der Waals surface area contributed by atoms with Crippen LogP contribution in [0.5, 0.6) is 0 Å². The Morgan fingerprint density at radius 2 is 2.19 bits per heavy atom. The number of rotatable bonds is 6. The topological polar surface area (TPSA) is 88.2 Å². The molecule has 0 saturated carbocycles. The number of hydrogen-bond donors (Lipinski definition) is 2. The van der Waals surface area contributed by atoms with Crippen molar-refractivity contribution in [2.75, 3.05) is 20.7 Å². The molecule has 1 unspecified atom stereocenters. The fourth-order valence-electron chi connectivity index (χ4n) is 1.22. The number of amidine groups is 1. The summed E-state index contributed by atoms with van der Waals surface area (Å²) in [5.74, 6) is -0.00138. The summed E-state index contributed by atoms with van der Waals surface area (Å²) in [7, 11) is 3.18. The van der Waals surface area contributed by atoms with Gasteiger partial charge in [0.25, 0.3) is 5.91 Å². The average Bonchev–Trinajstić information content (AvgIpc) is 2.33. The van der Waals surface area contributed by atoms with Crippen LogP contribution in [-0.2, 0) is 9.53 Å². The zero-order chi connectivity index (χ0) is 12.8. The van der Waals surface area contributed by atoms with Gasteiger partial charge < -0.3 is 20.6 Å². The first kappa shape index (κ1) is 14.7. The first-order valence-corrected chi connectivity index (χ1v) is 5.18. The minimum absolute atomic E-state index is 0.107. The maximum absolute atomic E-state index is 12.0. The predicted octanol–water partition coefficient (Wildman–Crippen LogP) is 0.396. The zero-order valence-corrected chi connectivity index (χ0v) is 10.4. The summed E-state index contributed by atoms with van der Waals surface area (Å²) in [5, 5.41) is 11.2. The van der Waals surface area contributed by atoms with Gasteiger partial charge in [-0.05, 0) is 13.3 Å². The molecule has 94 valence electrons. The highest BCUT2D eigenvalue weighted by molar-refractivity contribution is 5.85. The average molecular weight is 231 g/mol. The minimum atomic E-state index is -0.806. The smallest absolute Gasteiger partial charge is 0.254 e. The Bertz CT molecular complexity index is 262. The van der Waals surface area contributed by atoms with Crippen LogP contribution in [0.25, 0.3) is 0 Å². The number of nitrogens with two attached hydrogens (primary N) is 1. The Balaban J connectivity index is 4.38. The van der Waals surface area contributed by atoms with Crippen molar-refractivity contribution < 1.29 is 14.7 Å². The monoisotopic (exact) mass is 231 g/mol. The SMILES string of the molecule is CCC(C)(OC)C(=O)N(C)CCC(N)=NO. The van der Waals surface area contributed by atoms with Crippen molar-refractivity contribution >= 4 is 11.7 Å². The highest BCUT2D eigenvalue weighted by Crippen LogP contribution is 2.16. The van der Waals surface area contributed by atoms with E-state index < -0.39 is 5.60 Å². The van der Waals surface area contributed by atoms with Crippen LogP contribution in [0.4, 0.5) is 0 Å². The van der Waals surface area contributed by atoms with Gasteiger partial charge in [-0.25, -0.2) is 0 Å². The first-order valence-electron chi connectivity index (χ1n) is 5.18. The molecule has 0 bridgehead atoms. The lowest BCUT2D eigenvalue weighted by Gasteiger charge is -2.30. The van der Waals surface area contributed by atoms with Gasteiger partial charge in [-0.1, -0.05) is 12.1 Å². The van der Waals surface area contributed by atoms with E-state index in [9.17, 15) is 4.79 Å². The molecule has 0 aromatic carbocycles. The minimum Gasteiger partial charge on any atom is -0.409 e. The fraction of sp³-hybridized carbons (Fsp3) is 0.800. The van der Waals surface area contributed by atoms with Gasteiger partial charge in [-0.15, -0.1) is 0 Å². The summed E-state index contributed by atoms with van der Waals surface area (Å²) in [5.41, 5.74) is 4.52. The number of amides is 1. The maximum Gasteiger partial charge on any atom is 0.254 e. The van der Waals surface area contributed by atoms with Crippen LogP contribution in [-0.4, -0.2) is 48.2 Å². The van der Waals surface area contributed by atoms with Gasteiger partial charge in [0.2, 0.25) is 0 Å². The molecule has 0 aromatic heterocycles. The van der Waals surface area contributed by atoms with Gasteiger partial charge in [0.1, 0.15) is 11.4 Å². The second kappa shape index (κ2) is 6.32. The Hall–Kier alpha value is -1.30. The molecule has 0 radical (unpaired) electrons. The molecule has 3 N–H and O–H groups in total. The van der Waals surface area contributed by atoms with Gasteiger partial charge >= 0.3 is 0 Å². The van der Waals surface area contributed by atoms with Gasteiger partial charge in [0.15, 0.2) is 0 Å². The van der Waals surface area contributed by atoms with E-state index in [2.05, 4.69) is 5.16 Å². The molecule has 0 heterocycles. The Labute approximate surface area is 96.0 Å². The van der Waals surface area contributed by atoms with Crippen LogP contribution in [0.2, 0.25) is 0 Å². The molecule has 6 nitrogen and oxygen atoms in total. The molecule has 0 aliphatic heterocycles. The van der Waals surface area contributed by atoms with Gasteiger partial charge in [0.05, 0.1) is 0 Å². The van der Waals surface area contributed by atoms with Gasteiger partial charge in [-0.2, -0.15) is 0 Å². The van der Waals surface area contributed by atoms with Crippen molar-refractivity contribution in [1.29, 1.82) is 0 Å². The van der Waals surface area contributed by atoms with Crippen molar-refractivity contribution in [3.63, 3.8) is 0 Å². The van der Waals surface area contributed by atoms with Crippen LogP contribution >= 0.6 is 0 Å². The second-order valence-corrected chi connectivity index (χ2v) is 3.86. The summed E-state index contributed by atoms with van der Waals surface area (Å²) in [6, 6.07) is 0. The van der Waals surface area contributed by atoms with Crippen molar-refractivity contribution in [3.05, 3.63) is 0 Å². The summed E-state index contributed by atoms with van der Waals surface area (Å²) in [6.45, 7) is 4.03. The standard InChI is InChI=1S/C10H21N3O3/c1-5-10(2,16-4)9(14)13(3)7-6-8(11)12-15/h15H,5-7H2,1-4H3,(H2,11,12). The molecule has 6 heteroatoms. The number of nitrogens with zero attached hydrogens (tertiary/aromatic N) is 2. The van der Waals surface area contributed by atoms with Crippen molar-refractivity contribution in [1.82, 2.24) is 4.90 Å². The van der Waals surface area contributed by atoms with E-state index in [1.54, 1.807) is 14.0 Å². The number of ether oxygens (including phenoxy) is 1. The maximum atomic E-state index is 12.0. The van der Waals surface area contributed by atoms with Crippen molar-refractivity contribution in [3.8, 4) is 0 Å². The molecule has 0 rings (SSSR count). The Kier molecular flexibility index (Phi) is 5.81. The lowest BCUT2D eigenvalue weighted by Crippen LogP contribution is -2.47. The molecule has 16 heavy (non-hydrogen) atoms. The van der Waals surface area contributed by atoms with E-state index >= 15 is 0 Å². The summed E-state index contributed by atoms with van der Waals surface area (Å²) < 4.78 is 5.20. The first-order chi connectivity index (χ1) is 7.41. The van der Waals surface area contributed by atoms with Crippen molar-refractivity contribution in [2.24, 2.45) is 10.9 Å². The number of carbonyl (C=O) groups excluding carboxylic acids is 1. The molecule has 1 atom stereocenters. The molecular weight excluding hydrogens is 210 g/mol. The van der Waals surface area contributed by atoms with Crippen molar-refractivity contribution in [2.45, 2.75) is 32.3 Å². The third-order valence-electron chi connectivity index (χ3n) is 2.76. The summed E-state index contributed by atoms with van der Waals surface area (Å²) >= 11 is 0. The largest absolute Gasteiger partial charge is 0.409 e. The normalized spacial score (nSPS) is 15.6. The number of oxime groups is 1. The van der Waals surface area contributed by atoms with Gasteiger partial charge in [-0.3, -0.25) is 4.79 Å². The van der Waals surface area contributed by atoms with Gasteiger partial charge in [0, 0.05) is 27.1 Å². The molecule has 0 aromatic rings. The molecule has 0 spiro atoms. The Morgan fingerprint density at radius 1 is 1.62 bits per heavy atom. The molecule has 0 saturated heterocycles. The highest BCUT2D eigenvalue weighted by Gasteiger charge is 2.33. The molecule has 1 amide bonds. The van der Waals surface area contributed by atoms with E-state index in [1.165, 1.54) is 12.0 Å². The van der Waals surface area contributed by atoms with Crippen LogP contribution in [0.1, 0.15) is 26.7 Å². The lowest BCUT2D eigenvalue weighted by atomic mass is 10.0. The molecular formula is C10H21N3O3. The number of carbonyl (C=O) groups is 1. The molecule has 0 aliphatic carbocycles. The van der Waals surface area contributed by atoms with Crippen LogP contribution in [0, 0.1) is 0 Å². The number of methoxy groups -OCH3 is 1. The van der Waals surface area contributed by atoms with E-state index in [4.69, 9.17) is 15.7 Å². The third kappa shape index (κ3) is 3.69. The van der Waals surface area contributed by atoms with E-state index in [0.29, 0.717) is 19.4 Å². The third-order valence-corrected chi connectivity index (χ3v) is 2.76. The zero-order valence-electron chi connectivity index (χ0n) is 10.4. The molecule has 0 fully saturated rings. The quantitative estimate of drug-likeness (QED) is 0.300. The van der Waals surface area contributed by atoms with Crippen LogP contribution in [0.3, 0.4) is 0 Å². The van der Waals surface area contributed by atoms with E-state index in [1.807, 2.05) is 6.92 Å². The number of likely N-dealkylation sites (N-methyl/N-ethyl adjacent to an activating group) is 1. The summed E-state index contributed by atoms with van der Waals surface area (Å²) in [4.78, 5) is 13.5. The highest BCUT2D eigenvalue weighted by atomic mass is 16.5. The van der Waals surface area contributed by atoms with E-state index in [-0.39, 0.29) is 11.7 Å². The predicted molar refractivity (Wildman–Crippen MR) is 61.4 cm³/mol.